The van der Waals surface area contributed by atoms with Crippen LogP contribution in [0.2, 0.25) is 0 Å². The molecule has 2 aromatic rings. The topological polar surface area (TPSA) is 79.4 Å². The molecular weight excluding hydrogens is 393 g/mol. The van der Waals surface area contributed by atoms with Crippen molar-refractivity contribution in [3.63, 3.8) is 0 Å². The molecule has 1 aromatic heterocycles. The number of fused-ring (bicyclic) bond motifs is 3. The fourth-order valence-electron chi connectivity index (χ4n) is 4.56. The molecular formula is C21H22FN3O3S. The molecule has 2 heterocycles. The van der Waals surface area contributed by atoms with Crippen LogP contribution in [0.4, 0.5) is 4.39 Å². The predicted molar refractivity (Wildman–Crippen MR) is 109 cm³/mol. The number of likely N-dealkylation sites (tertiary alicyclic amines) is 1. The maximum atomic E-state index is 14.0. The number of amides is 2. The fraction of sp³-hybridized carbons (Fsp3) is 0.381. The van der Waals surface area contributed by atoms with E-state index >= 15 is 0 Å². The molecule has 1 aliphatic heterocycles. The van der Waals surface area contributed by atoms with Gasteiger partial charge in [-0.05, 0) is 25.2 Å². The van der Waals surface area contributed by atoms with E-state index in [1.165, 1.54) is 17.7 Å². The van der Waals surface area contributed by atoms with E-state index in [2.05, 4.69) is 10.3 Å². The van der Waals surface area contributed by atoms with Gasteiger partial charge in [0.05, 0.1) is 12.2 Å². The fourth-order valence-corrected chi connectivity index (χ4v) is 4.87. The molecule has 2 amide bonds. The number of aromatic nitrogens is 1. The average Bonchev–Trinajstić information content (AvgIpc) is 3.32. The highest BCUT2D eigenvalue weighted by Gasteiger charge is 2.47. The minimum atomic E-state index is -1.19. The Labute approximate surface area is 170 Å². The second-order valence-corrected chi connectivity index (χ2v) is 8.82. The van der Waals surface area contributed by atoms with Crippen LogP contribution in [0.15, 0.2) is 41.9 Å². The maximum Gasteiger partial charge on any atom is 0.270 e. The number of carbonyl (C=O) groups is 2. The average molecular weight is 415 g/mol. The summed E-state index contributed by atoms with van der Waals surface area (Å²) in [6, 6.07) is 6.79. The first-order chi connectivity index (χ1) is 14.0. The van der Waals surface area contributed by atoms with E-state index in [1.54, 1.807) is 24.3 Å². The molecule has 1 aromatic carbocycles. The molecule has 1 saturated carbocycles. The molecule has 1 saturated heterocycles. The number of halogens is 1. The highest BCUT2D eigenvalue weighted by Crippen LogP contribution is 2.42. The van der Waals surface area contributed by atoms with Crippen LogP contribution in [0, 0.1) is 11.7 Å². The first kappa shape index (κ1) is 19.7. The van der Waals surface area contributed by atoms with Gasteiger partial charge < -0.3 is 10.2 Å². The quantitative estimate of drug-likeness (QED) is 0.761. The van der Waals surface area contributed by atoms with E-state index < -0.39 is 16.6 Å². The van der Waals surface area contributed by atoms with Crippen LogP contribution >= 0.6 is 0 Å². The number of hydrogen-bond donors (Lipinski definition) is 1. The second-order valence-electron chi connectivity index (χ2n) is 7.55. The molecule has 0 radical (unpaired) electrons. The summed E-state index contributed by atoms with van der Waals surface area (Å²) in [5, 5.41) is 5.08. The SMILES string of the molecule is CS(=O)/C=C/C(=O)N1[C@@H]2CC[C@@H](C2)[C@H]1CNC(=O)c1ncc(F)c2ccccc12. The van der Waals surface area contributed by atoms with E-state index in [-0.39, 0.29) is 29.6 Å². The largest absolute Gasteiger partial charge is 0.349 e. The minimum Gasteiger partial charge on any atom is -0.349 e. The summed E-state index contributed by atoms with van der Waals surface area (Å²) in [6.07, 6.45) is 6.83. The van der Waals surface area contributed by atoms with Gasteiger partial charge in [-0.2, -0.15) is 0 Å². The maximum absolute atomic E-state index is 14.0. The molecule has 4 atom stereocenters. The molecule has 0 spiro atoms. The van der Waals surface area contributed by atoms with Crippen molar-refractivity contribution in [2.24, 2.45) is 5.92 Å². The van der Waals surface area contributed by atoms with Gasteiger partial charge in [0.2, 0.25) is 5.91 Å². The van der Waals surface area contributed by atoms with Crippen LogP contribution in [-0.2, 0) is 15.6 Å². The molecule has 2 aliphatic rings. The molecule has 4 rings (SSSR count). The molecule has 1 unspecified atom stereocenters. The third-order valence-electron chi connectivity index (χ3n) is 5.83. The van der Waals surface area contributed by atoms with Gasteiger partial charge in [0.1, 0.15) is 11.5 Å². The first-order valence-electron chi connectivity index (χ1n) is 9.60. The summed E-state index contributed by atoms with van der Waals surface area (Å²) in [4.78, 5) is 31.2. The summed E-state index contributed by atoms with van der Waals surface area (Å²) in [5.41, 5.74) is 0.171. The highest BCUT2D eigenvalue weighted by atomic mass is 32.2. The lowest BCUT2D eigenvalue weighted by molar-refractivity contribution is -0.130. The Kier molecular flexibility index (Phi) is 5.45. The molecule has 2 fully saturated rings. The summed E-state index contributed by atoms with van der Waals surface area (Å²) < 4.78 is 25.2. The normalized spacial score (nSPS) is 24.3. The molecule has 29 heavy (non-hydrogen) atoms. The van der Waals surface area contributed by atoms with Crippen molar-refractivity contribution in [3.8, 4) is 0 Å². The lowest BCUT2D eigenvalue weighted by Crippen LogP contribution is -2.50. The van der Waals surface area contributed by atoms with Crippen molar-refractivity contribution in [1.82, 2.24) is 15.2 Å². The number of pyridine rings is 1. The van der Waals surface area contributed by atoms with Gasteiger partial charge >= 0.3 is 0 Å². The Morgan fingerprint density at radius 2 is 2.07 bits per heavy atom. The Bertz CT molecular complexity index is 1030. The lowest BCUT2D eigenvalue weighted by atomic mass is 9.98. The van der Waals surface area contributed by atoms with Crippen LogP contribution < -0.4 is 5.32 Å². The minimum absolute atomic E-state index is 0.105. The van der Waals surface area contributed by atoms with E-state index in [4.69, 9.17) is 0 Å². The summed E-state index contributed by atoms with van der Waals surface area (Å²) >= 11 is 0. The van der Waals surface area contributed by atoms with E-state index in [0.29, 0.717) is 23.2 Å². The molecule has 8 heteroatoms. The Morgan fingerprint density at radius 3 is 2.83 bits per heavy atom. The zero-order chi connectivity index (χ0) is 20.5. The standard InChI is InChI=1S/C21H22FN3O3S/c1-29(28)9-8-19(26)25-14-7-6-13(10-14)18(25)12-24-21(27)20-16-5-3-2-4-15(16)17(22)11-23-20/h2-5,8-9,11,13-14,18H,6-7,10,12H2,1H3,(H,24,27)/b9-8+/t13-,14+,18+,29?/m0/s1. The third-order valence-corrected chi connectivity index (χ3v) is 6.35. The molecule has 1 aliphatic carbocycles. The summed E-state index contributed by atoms with van der Waals surface area (Å²) in [7, 11) is -1.19. The van der Waals surface area contributed by atoms with Gasteiger partial charge in [-0.15, -0.1) is 0 Å². The summed E-state index contributed by atoms with van der Waals surface area (Å²) in [6.45, 7) is 0.308. The first-order valence-corrected chi connectivity index (χ1v) is 11.2. The van der Waals surface area contributed by atoms with Crippen LogP contribution in [0.5, 0.6) is 0 Å². The number of piperidine rings is 1. The van der Waals surface area contributed by atoms with E-state index in [9.17, 15) is 18.2 Å². The van der Waals surface area contributed by atoms with Gasteiger partial charge in [0.15, 0.2) is 0 Å². The zero-order valence-corrected chi connectivity index (χ0v) is 16.8. The van der Waals surface area contributed by atoms with Gasteiger partial charge in [-0.3, -0.25) is 13.8 Å². The van der Waals surface area contributed by atoms with Crippen molar-refractivity contribution in [1.29, 1.82) is 0 Å². The Hall–Kier alpha value is -2.61. The number of nitrogens with one attached hydrogen (secondary N) is 1. The summed E-state index contributed by atoms with van der Waals surface area (Å²) in [5.74, 6) is -0.691. The van der Waals surface area contributed by atoms with Crippen LogP contribution in [-0.4, -0.2) is 50.8 Å². The van der Waals surface area contributed by atoms with Crippen molar-refractivity contribution in [2.45, 2.75) is 31.3 Å². The smallest absolute Gasteiger partial charge is 0.270 e. The Morgan fingerprint density at radius 1 is 1.31 bits per heavy atom. The predicted octanol–water partition coefficient (Wildman–Crippen LogP) is 2.38. The van der Waals surface area contributed by atoms with Crippen LogP contribution in [0.25, 0.3) is 10.8 Å². The monoisotopic (exact) mass is 415 g/mol. The molecule has 152 valence electrons. The highest BCUT2D eigenvalue weighted by molar-refractivity contribution is 7.87. The van der Waals surface area contributed by atoms with Crippen molar-refractivity contribution in [3.05, 3.63) is 53.5 Å². The van der Waals surface area contributed by atoms with Crippen molar-refractivity contribution >= 4 is 33.4 Å². The number of rotatable bonds is 5. The second kappa shape index (κ2) is 8.02. The van der Waals surface area contributed by atoms with Gasteiger partial charge in [0.25, 0.3) is 5.91 Å². The lowest BCUT2D eigenvalue weighted by Gasteiger charge is -2.34. The Balaban J connectivity index is 1.51. The van der Waals surface area contributed by atoms with Crippen molar-refractivity contribution < 1.29 is 18.2 Å². The van der Waals surface area contributed by atoms with Gasteiger partial charge in [-0.25, -0.2) is 9.37 Å². The number of benzene rings is 1. The molecule has 1 N–H and O–H groups in total. The number of nitrogens with zero attached hydrogens (tertiary/aromatic N) is 2. The number of carbonyl (C=O) groups excluding carboxylic acids is 2. The third kappa shape index (κ3) is 3.81. The zero-order valence-electron chi connectivity index (χ0n) is 16.0. The molecule has 2 bridgehead atoms. The van der Waals surface area contributed by atoms with E-state index in [0.717, 1.165) is 25.5 Å². The van der Waals surface area contributed by atoms with Crippen LogP contribution in [0.1, 0.15) is 29.8 Å². The van der Waals surface area contributed by atoms with Gasteiger partial charge in [0, 0.05) is 51.9 Å². The van der Waals surface area contributed by atoms with Crippen molar-refractivity contribution in [2.75, 3.05) is 12.8 Å². The molecule has 6 nitrogen and oxygen atoms in total. The van der Waals surface area contributed by atoms with Gasteiger partial charge in [-0.1, -0.05) is 24.3 Å². The van der Waals surface area contributed by atoms with E-state index in [1.807, 2.05) is 4.90 Å². The van der Waals surface area contributed by atoms with Crippen LogP contribution in [0.3, 0.4) is 0 Å². The number of hydrogen-bond acceptors (Lipinski definition) is 4.